The third kappa shape index (κ3) is 2.75. The fourth-order valence-corrected chi connectivity index (χ4v) is 4.06. The number of halogens is 1. The lowest BCUT2D eigenvalue weighted by Crippen LogP contribution is -2.28. The summed E-state index contributed by atoms with van der Waals surface area (Å²) >= 11 is 6.51. The molecule has 1 atom stereocenters. The average Bonchev–Trinajstić information content (AvgIpc) is 3.22. The number of hydrogen-bond donors (Lipinski definition) is 1. The maximum absolute atomic E-state index is 6.51. The van der Waals surface area contributed by atoms with E-state index in [9.17, 15) is 0 Å². The molecule has 0 radical (unpaired) electrons. The molecule has 0 unspecified atom stereocenters. The number of fused-ring (bicyclic) bond motifs is 2. The van der Waals surface area contributed by atoms with Crippen LogP contribution in [-0.2, 0) is 6.54 Å². The first-order chi connectivity index (χ1) is 13.7. The van der Waals surface area contributed by atoms with Gasteiger partial charge in [0.05, 0.1) is 12.0 Å². The van der Waals surface area contributed by atoms with Crippen LogP contribution in [0.5, 0.6) is 0 Å². The minimum Gasteiger partial charge on any atom is -0.342 e. The third-order valence-corrected chi connectivity index (χ3v) is 5.61. The number of hydrogen-bond acceptors (Lipinski definition) is 4. The Kier molecular flexibility index (Phi) is 4.10. The SMILES string of the molecule is C[C@@H](C1=Cc2cccc(Cl)c2CN1c1ccccc1)c1ncnc2nc[nH]c12. The fourth-order valence-electron chi connectivity index (χ4n) is 3.82. The minimum atomic E-state index is 0.0401. The van der Waals surface area contributed by atoms with Crippen molar-refractivity contribution in [3.63, 3.8) is 0 Å². The number of allylic oxidation sites excluding steroid dienone is 1. The summed E-state index contributed by atoms with van der Waals surface area (Å²) in [5, 5.41) is 0.791. The van der Waals surface area contributed by atoms with Gasteiger partial charge in [-0.3, -0.25) is 0 Å². The number of benzene rings is 2. The summed E-state index contributed by atoms with van der Waals surface area (Å²) in [7, 11) is 0. The number of nitrogens with zero attached hydrogens (tertiary/aromatic N) is 4. The molecular formula is C22H18ClN5. The van der Waals surface area contributed by atoms with E-state index < -0.39 is 0 Å². The Morgan fingerprint density at radius 1 is 1.04 bits per heavy atom. The van der Waals surface area contributed by atoms with Crippen LogP contribution in [0.4, 0.5) is 5.69 Å². The standard InChI is InChI=1S/C22H18ClN5/c1-14(20-21-22(26-12-24-20)27-13-25-21)19-10-15-6-5-9-18(23)17(15)11-28(19)16-7-3-2-4-8-16/h2-10,12-14H,11H2,1H3,(H,24,25,26,27)/t14-/m0/s1. The highest BCUT2D eigenvalue weighted by Gasteiger charge is 2.27. The molecule has 0 saturated heterocycles. The summed E-state index contributed by atoms with van der Waals surface area (Å²) in [6.45, 7) is 2.88. The van der Waals surface area contributed by atoms with Crippen LogP contribution in [0.1, 0.15) is 29.7 Å². The van der Waals surface area contributed by atoms with Gasteiger partial charge in [-0.15, -0.1) is 0 Å². The van der Waals surface area contributed by atoms with Crippen molar-refractivity contribution >= 4 is 34.5 Å². The summed E-state index contributed by atoms with van der Waals surface area (Å²) in [6, 6.07) is 16.4. The first-order valence-electron chi connectivity index (χ1n) is 9.18. The predicted octanol–water partition coefficient (Wildman–Crippen LogP) is 5.17. The number of aromatic amines is 1. The van der Waals surface area contributed by atoms with Crippen molar-refractivity contribution in [1.29, 1.82) is 0 Å². The van der Waals surface area contributed by atoms with E-state index >= 15 is 0 Å². The zero-order chi connectivity index (χ0) is 19.1. The maximum atomic E-state index is 6.51. The topological polar surface area (TPSA) is 57.7 Å². The summed E-state index contributed by atoms with van der Waals surface area (Å²) in [5.41, 5.74) is 7.07. The van der Waals surface area contributed by atoms with Gasteiger partial charge >= 0.3 is 0 Å². The van der Waals surface area contributed by atoms with Gasteiger partial charge in [0.2, 0.25) is 0 Å². The van der Waals surface area contributed by atoms with Gasteiger partial charge < -0.3 is 9.88 Å². The fraction of sp³-hybridized carbons (Fsp3) is 0.136. The second-order valence-corrected chi connectivity index (χ2v) is 7.29. The number of imidazole rings is 1. The molecule has 0 aliphatic carbocycles. The molecule has 2 aromatic carbocycles. The van der Waals surface area contributed by atoms with Crippen LogP contribution in [0.2, 0.25) is 5.02 Å². The number of aromatic nitrogens is 4. The molecule has 0 amide bonds. The molecule has 1 N–H and O–H groups in total. The number of nitrogens with one attached hydrogen (secondary N) is 1. The van der Waals surface area contributed by atoms with Crippen molar-refractivity contribution in [1.82, 2.24) is 19.9 Å². The van der Waals surface area contributed by atoms with Gasteiger partial charge in [-0.05, 0) is 35.4 Å². The van der Waals surface area contributed by atoms with Crippen molar-refractivity contribution in [3.8, 4) is 0 Å². The molecule has 5 rings (SSSR count). The normalized spacial score (nSPS) is 14.6. The molecule has 0 spiro atoms. The Morgan fingerprint density at radius 2 is 1.89 bits per heavy atom. The van der Waals surface area contributed by atoms with Crippen LogP contribution in [0.15, 0.2) is 66.9 Å². The Hall–Kier alpha value is -3.18. The quantitative estimate of drug-likeness (QED) is 0.526. The van der Waals surface area contributed by atoms with Crippen molar-refractivity contribution in [3.05, 3.63) is 88.7 Å². The first-order valence-corrected chi connectivity index (χ1v) is 9.55. The lowest BCUT2D eigenvalue weighted by Gasteiger charge is -2.35. The number of H-pyrrole nitrogens is 1. The molecule has 2 aromatic heterocycles. The summed E-state index contributed by atoms with van der Waals surface area (Å²) in [4.78, 5) is 18.6. The number of rotatable bonds is 3. The van der Waals surface area contributed by atoms with E-state index in [0.717, 1.165) is 38.7 Å². The van der Waals surface area contributed by atoms with Crippen molar-refractivity contribution < 1.29 is 0 Å². The Labute approximate surface area is 167 Å². The second-order valence-electron chi connectivity index (χ2n) is 6.88. The van der Waals surface area contributed by atoms with Crippen LogP contribution in [0.25, 0.3) is 17.2 Å². The second kappa shape index (κ2) is 6.77. The molecule has 28 heavy (non-hydrogen) atoms. The zero-order valence-corrected chi connectivity index (χ0v) is 16.1. The Bertz CT molecular complexity index is 1180. The summed E-state index contributed by atoms with van der Waals surface area (Å²) in [6.07, 6.45) is 5.46. The molecule has 0 fully saturated rings. The molecule has 3 heterocycles. The highest BCUT2D eigenvalue weighted by Crippen LogP contribution is 2.39. The van der Waals surface area contributed by atoms with Gasteiger partial charge in [-0.2, -0.15) is 0 Å². The largest absolute Gasteiger partial charge is 0.342 e. The van der Waals surface area contributed by atoms with Gasteiger partial charge in [0.25, 0.3) is 0 Å². The third-order valence-electron chi connectivity index (χ3n) is 5.26. The molecule has 5 nitrogen and oxygen atoms in total. The molecule has 4 aromatic rings. The van der Waals surface area contributed by atoms with E-state index in [0.29, 0.717) is 12.2 Å². The first kappa shape index (κ1) is 17.0. The monoisotopic (exact) mass is 387 g/mol. The highest BCUT2D eigenvalue weighted by molar-refractivity contribution is 6.31. The van der Waals surface area contributed by atoms with Gasteiger partial charge in [-0.25, -0.2) is 15.0 Å². The highest BCUT2D eigenvalue weighted by atomic mass is 35.5. The van der Waals surface area contributed by atoms with Gasteiger partial charge in [0.1, 0.15) is 11.8 Å². The van der Waals surface area contributed by atoms with Crippen LogP contribution in [0, 0.1) is 0 Å². The Balaban J connectivity index is 1.68. The van der Waals surface area contributed by atoms with E-state index in [4.69, 9.17) is 11.6 Å². The predicted molar refractivity (Wildman–Crippen MR) is 112 cm³/mol. The molecule has 1 aliphatic heterocycles. The van der Waals surface area contributed by atoms with E-state index in [1.54, 1.807) is 12.7 Å². The van der Waals surface area contributed by atoms with Crippen molar-refractivity contribution in [2.75, 3.05) is 4.90 Å². The molecule has 6 heteroatoms. The molecule has 0 saturated carbocycles. The van der Waals surface area contributed by atoms with Crippen molar-refractivity contribution in [2.45, 2.75) is 19.4 Å². The summed E-state index contributed by atoms with van der Waals surface area (Å²) in [5.74, 6) is 0.0401. The van der Waals surface area contributed by atoms with Gasteiger partial charge in [0.15, 0.2) is 5.65 Å². The molecule has 0 bridgehead atoms. The average molecular weight is 388 g/mol. The molecule has 1 aliphatic rings. The summed E-state index contributed by atoms with van der Waals surface area (Å²) < 4.78 is 0. The zero-order valence-electron chi connectivity index (χ0n) is 15.3. The number of para-hydroxylation sites is 1. The van der Waals surface area contributed by atoms with Crippen LogP contribution >= 0.6 is 11.6 Å². The lowest BCUT2D eigenvalue weighted by molar-refractivity contribution is 0.765. The van der Waals surface area contributed by atoms with Crippen LogP contribution < -0.4 is 4.90 Å². The van der Waals surface area contributed by atoms with Crippen LogP contribution in [0.3, 0.4) is 0 Å². The van der Waals surface area contributed by atoms with Gasteiger partial charge in [-0.1, -0.05) is 48.9 Å². The molecular weight excluding hydrogens is 370 g/mol. The molecule has 138 valence electrons. The van der Waals surface area contributed by atoms with Crippen molar-refractivity contribution in [2.24, 2.45) is 0 Å². The smallest absolute Gasteiger partial charge is 0.180 e. The number of anilines is 1. The lowest BCUT2D eigenvalue weighted by atomic mass is 9.93. The van der Waals surface area contributed by atoms with E-state index in [2.05, 4.69) is 68.2 Å². The maximum Gasteiger partial charge on any atom is 0.180 e. The minimum absolute atomic E-state index is 0.0401. The van der Waals surface area contributed by atoms with E-state index in [-0.39, 0.29) is 5.92 Å². The van der Waals surface area contributed by atoms with Gasteiger partial charge in [0, 0.05) is 28.9 Å². The van der Waals surface area contributed by atoms with E-state index in [1.807, 2.05) is 18.2 Å². The Morgan fingerprint density at radius 3 is 2.75 bits per heavy atom. The van der Waals surface area contributed by atoms with Crippen LogP contribution in [-0.4, -0.2) is 19.9 Å². The van der Waals surface area contributed by atoms with E-state index in [1.165, 1.54) is 0 Å².